The maximum absolute atomic E-state index is 5.85. The van der Waals surface area contributed by atoms with Gasteiger partial charge in [-0.15, -0.1) is 0 Å². The number of rotatable bonds is 8. The number of nitrogens with two attached hydrogens (primary N) is 1. The lowest BCUT2D eigenvalue weighted by Crippen LogP contribution is -2.09. The van der Waals surface area contributed by atoms with E-state index in [9.17, 15) is 0 Å². The lowest BCUT2D eigenvalue weighted by Gasteiger charge is -2.11. The average molecular weight is 253 g/mol. The van der Waals surface area contributed by atoms with Crippen LogP contribution in [0.2, 0.25) is 0 Å². The van der Waals surface area contributed by atoms with Crippen LogP contribution in [0.25, 0.3) is 0 Å². The number of benzene rings is 1. The van der Waals surface area contributed by atoms with Gasteiger partial charge < -0.3 is 19.9 Å². The highest BCUT2D eigenvalue weighted by molar-refractivity contribution is 5.54. The molecule has 0 aromatic heterocycles. The predicted octanol–water partition coefficient (Wildman–Crippen LogP) is 2.32. The van der Waals surface area contributed by atoms with Crippen LogP contribution in [0.3, 0.4) is 0 Å². The highest BCUT2D eigenvalue weighted by atomic mass is 16.5. The fraction of sp³-hybridized carbons (Fsp3) is 0.571. The molecule has 0 saturated carbocycles. The second-order valence-electron chi connectivity index (χ2n) is 4.28. The molecule has 102 valence electrons. The van der Waals surface area contributed by atoms with Gasteiger partial charge in [0.05, 0.1) is 6.61 Å². The maximum atomic E-state index is 5.85. The number of anilines is 1. The van der Waals surface area contributed by atoms with Gasteiger partial charge in [0.15, 0.2) is 0 Å². The number of nitrogen functional groups attached to an aromatic ring is 1. The molecule has 0 amide bonds. The van der Waals surface area contributed by atoms with Gasteiger partial charge in [0.2, 0.25) is 0 Å². The monoisotopic (exact) mass is 253 g/mol. The third-order valence-corrected chi connectivity index (χ3v) is 2.69. The fourth-order valence-corrected chi connectivity index (χ4v) is 1.62. The first kappa shape index (κ1) is 14.8. The summed E-state index contributed by atoms with van der Waals surface area (Å²) in [5.74, 6) is 0.832. The van der Waals surface area contributed by atoms with Crippen LogP contribution in [0.1, 0.15) is 17.5 Å². The zero-order valence-electron chi connectivity index (χ0n) is 11.5. The first-order chi connectivity index (χ1) is 8.65. The van der Waals surface area contributed by atoms with E-state index in [4.69, 9.17) is 19.9 Å². The second-order valence-corrected chi connectivity index (χ2v) is 4.28. The predicted molar refractivity (Wildman–Crippen MR) is 73.1 cm³/mol. The molecule has 0 fully saturated rings. The van der Waals surface area contributed by atoms with Gasteiger partial charge in [0.25, 0.3) is 0 Å². The minimum absolute atomic E-state index is 0.538. The lowest BCUT2D eigenvalue weighted by atomic mass is 10.1. The van der Waals surface area contributed by atoms with E-state index in [-0.39, 0.29) is 0 Å². The highest BCUT2D eigenvalue weighted by Gasteiger charge is 2.03. The number of hydrogen-bond acceptors (Lipinski definition) is 4. The smallest absolute Gasteiger partial charge is 0.124 e. The van der Waals surface area contributed by atoms with Crippen molar-refractivity contribution in [1.29, 1.82) is 0 Å². The Morgan fingerprint density at radius 3 is 2.50 bits per heavy atom. The summed E-state index contributed by atoms with van der Waals surface area (Å²) >= 11 is 0. The van der Waals surface area contributed by atoms with E-state index in [1.807, 2.05) is 26.0 Å². The fourth-order valence-electron chi connectivity index (χ4n) is 1.62. The summed E-state index contributed by atoms with van der Waals surface area (Å²) in [5, 5.41) is 0. The summed E-state index contributed by atoms with van der Waals surface area (Å²) in [6.45, 7) is 6.56. The van der Waals surface area contributed by atoms with E-state index < -0.39 is 0 Å². The first-order valence-electron chi connectivity index (χ1n) is 6.21. The van der Waals surface area contributed by atoms with Crippen molar-refractivity contribution in [1.82, 2.24) is 0 Å². The Morgan fingerprint density at radius 1 is 1.00 bits per heavy atom. The van der Waals surface area contributed by atoms with Crippen molar-refractivity contribution in [3.8, 4) is 5.75 Å². The van der Waals surface area contributed by atoms with Gasteiger partial charge in [-0.3, -0.25) is 0 Å². The summed E-state index contributed by atoms with van der Waals surface area (Å²) < 4.78 is 16.0. The molecular formula is C14H23NO3. The highest BCUT2D eigenvalue weighted by Crippen LogP contribution is 2.24. The van der Waals surface area contributed by atoms with Crippen LogP contribution in [-0.4, -0.2) is 33.5 Å². The van der Waals surface area contributed by atoms with Crippen LogP contribution in [0, 0.1) is 13.8 Å². The van der Waals surface area contributed by atoms with Crippen LogP contribution < -0.4 is 10.5 Å². The first-order valence-corrected chi connectivity index (χ1v) is 6.21. The van der Waals surface area contributed by atoms with E-state index in [1.54, 1.807) is 7.11 Å². The van der Waals surface area contributed by atoms with Gasteiger partial charge >= 0.3 is 0 Å². The van der Waals surface area contributed by atoms with E-state index >= 15 is 0 Å². The van der Waals surface area contributed by atoms with Crippen molar-refractivity contribution >= 4 is 5.69 Å². The summed E-state index contributed by atoms with van der Waals surface area (Å²) in [6.07, 6.45) is 0.910. The molecule has 2 N–H and O–H groups in total. The Bertz CT molecular complexity index is 366. The van der Waals surface area contributed by atoms with Crippen LogP contribution in [-0.2, 0) is 9.47 Å². The number of methoxy groups -OCH3 is 1. The Kier molecular flexibility index (Phi) is 6.54. The largest absolute Gasteiger partial charge is 0.491 e. The summed E-state index contributed by atoms with van der Waals surface area (Å²) in [6, 6.07) is 3.90. The lowest BCUT2D eigenvalue weighted by molar-refractivity contribution is 0.0805. The van der Waals surface area contributed by atoms with Crippen molar-refractivity contribution in [2.45, 2.75) is 20.3 Å². The quantitative estimate of drug-likeness (QED) is 0.570. The van der Waals surface area contributed by atoms with Gasteiger partial charge in [-0.1, -0.05) is 6.07 Å². The van der Waals surface area contributed by atoms with Crippen molar-refractivity contribution < 1.29 is 14.2 Å². The van der Waals surface area contributed by atoms with Crippen LogP contribution in [0.4, 0.5) is 5.69 Å². The normalized spacial score (nSPS) is 10.6. The standard InChI is InChI=1S/C14H23NO3/c1-11-9-12(2)14(10-13(11)15)18-8-7-17-6-4-5-16-3/h9-10H,4-8,15H2,1-3H3. The van der Waals surface area contributed by atoms with Crippen LogP contribution in [0.15, 0.2) is 12.1 Å². The third kappa shape index (κ3) is 4.94. The number of hydrogen-bond donors (Lipinski definition) is 1. The van der Waals surface area contributed by atoms with Gasteiger partial charge in [0, 0.05) is 32.1 Å². The molecule has 1 aromatic carbocycles. The van der Waals surface area contributed by atoms with Crippen LogP contribution >= 0.6 is 0 Å². The molecule has 0 heterocycles. The van der Waals surface area contributed by atoms with Gasteiger partial charge in [-0.05, 0) is 31.4 Å². The van der Waals surface area contributed by atoms with E-state index in [2.05, 4.69) is 0 Å². The number of aryl methyl sites for hydroxylation is 2. The topological polar surface area (TPSA) is 53.7 Å². The third-order valence-electron chi connectivity index (χ3n) is 2.69. The van der Waals surface area contributed by atoms with E-state index in [0.29, 0.717) is 19.8 Å². The molecule has 0 unspecified atom stereocenters. The zero-order chi connectivity index (χ0) is 13.4. The Hall–Kier alpha value is -1.26. The maximum Gasteiger partial charge on any atom is 0.124 e. The van der Waals surface area contributed by atoms with Crippen molar-refractivity contribution in [3.05, 3.63) is 23.3 Å². The molecule has 0 spiro atoms. The Labute approximate surface area is 109 Å². The molecule has 1 aromatic rings. The molecule has 0 bridgehead atoms. The van der Waals surface area contributed by atoms with E-state index in [1.165, 1.54) is 0 Å². The second kappa shape index (κ2) is 7.95. The summed E-state index contributed by atoms with van der Waals surface area (Å²) in [5.41, 5.74) is 8.79. The molecule has 18 heavy (non-hydrogen) atoms. The molecule has 0 aliphatic rings. The Morgan fingerprint density at radius 2 is 1.78 bits per heavy atom. The zero-order valence-corrected chi connectivity index (χ0v) is 11.5. The summed E-state index contributed by atoms with van der Waals surface area (Å²) in [7, 11) is 1.69. The van der Waals surface area contributed by atoms with Crippen molar-refractivity contribution in [2.24, 2.45) is 0 Å². The molecule has 0 aliphatic carbocycles. The van der Waals surface area contributed by atoms with Gasteiger partial charge in [-0.2, -0.15) is 0 Å². The average Bonchev–Trinajstić information content (AvgIpc) is 2.34. The van der Waals surface area contributed by atoms with Crippen LogP contribution in [0.5, 0.6) is 5.75 Å². The molecular weight excluding hydrogens is 230 g/mol. The summed E-state index contributed by atoms with van der Waals surface area (Å²) in [4.78, 5) is 0. The molecule has 1 rings (SSSR count). The minimum Gasteiger partial charge on any atom is -0.491 e. The van der Waals surface area contributed by atoms with Crippen molar-refractivity contribution in [3.63, 3.8) is 0 Å². The molecule has 0 aliphatic heterocycles. The van der Waals surface area contributed by atoms with Crippen molar-refractivity contribution in [2.75, 3.05) is 39.3 Å². The molecule has 4 nitrogen and oxygen atoms in total. The molecule has 0 saturated heterocycles. The number of ether oxygens (including phenoxy) is 3. The molecule has 0 radical (unpaired) electrons. The van der Waals surface area contributed by atoms with Gasteiger partial charge in [-0.25, -0.2) is 0 Å². The Balaban J connectivity index is 2.25. The SMILES string of the molecule is COCCCOCCOc1cc(N)c(C)cc1C. The molecule has 4 heteroatoms. The molecule has 0 atom stereocenters. The van der Waals surface area contributed by atoms with E-state index in [0.717, 1.165) is 35.6 Å². The minimum atomic E-state index is 0.538. The van der Waals surface area contributed by atoms with Gasteiger partial charge in [0.1, 0.15) is 12.4 Å².